The van der Waals surface area contributed by atoms with Crippen LogP contribution in [0.1, 0.15) is 11.3 Å². The van der Waals surface area contributed by atoms with Gasteiger partial charge in [-0.1, -0.05) is 6.07 Å². The molecule has 0 saturated carbocycles. The van der Waals surface area contributed by atoms with E-state index in [1.54, 1.807) is 6.33 Å². The second-order valence-electron chi connectivity index (χ2n) is 5.50. The molecule has 9 heteroatoms. The van der Waals surface area contributed by atoms with Crippen molar-refractivity contribution >= 4 is 22.9 Å². The molecule has 0 fully saturated rings. The molecule has 3 rings (SSSR count). The first kappa shape index (κ1) is 16.1. The maximum atomic E-state index is 9.41. The molecular formula is C15H19N7O2. The average Bonchev–Trinajstić information content (AvgIpc) is 2.98. The summed E-state index contributed by atoms with van der Waals surface area (Å²) in [4.78, 5) is 17.1. The first-order valence-electron chi connectivity index (χ1n) is 7.49. The number of fused-ring (bicyclic) bond motifs is 1. The van der Waals surface area contributed by atoms with Gasteiger partial charge in [0.1, 0.15) is 5.52 Å². The Morgan fingerprint density at radius 3 is 2.83 bits per heavy atom. The third kappa shape index (κ3) is 3.42. The van der Waals surface area contributed by atoms with Crippen molar-refractivity contribution in [1.82, 2.24) is 24.5 Å². The SMILES string of the molecule is Cc1ccc(Cn2cnc3c(N)nc(NCC(O)CO)nc32)cn1. The van der Waals surface area contributed by atoms with Crippen LogP contribution in [-0.4, -0.2) is 54.0 Å². The van der Waals surface area contributed by atoms with Crippen LogP contribution in [0.2, 0.25) is 0 Å². The first-order valence-corrected chi connectivity index (χ1v) is 7.49. The normalized spacial score (nSPS) is 12.5. The second kappa shape index (κ2) is 6.77. The number of rotatable bonds is 6. The molecule has 0 saturated heterocycles. The zero-order chi connectivity index (χ0) is 17.1. The van der Waals surface area contributed by atoms with E-state index in [0.29, 0.717) is 17.7 Å². The lowest BCUT2D eigenvalue weighted by molar-refractivity contribution is 0.105. The van der Waals surface area contributed by atoms with Crippen molar-refractivity contribution < 1.29 is 10.2 Å². The third-order valence-corrected chi connectivity index (χ3v) is 3.52. The fourth-order valence-electron chi connectivity index (χ4n) is 2.22. The molecular weight excluding hydrogens is 310 g/mol. The number of imidazole rings is 1. The third-order valence-electron chi connectivity index (χ3n) is 3.52. The summed E-state index contributed by atoms with van der Waals surface area (Å²) in [5.41, 5.74) is 9.00. The van der Waals surface area contributed by atoms with E-state index in [4.69, 9.17) is 10.8 Å². The molecule has 24 heavy (non-hydrogen) atoms. The summed E-state index contributed by atoms with van der Waals surface area (Å²) in [5, 5.41) is 21.1. The Labute approximate surface area is 138 Å². The molecule has 1 atom stereocenters. The van der Waals surface area contributed by atoms with E-state index in [2.05, 4.69) is 25.3 Å². The number of nitrogens with two attached hydrogens (primary N) is 1. The highest BCUT2D eigenvalue weighted by Crippen LogP contribution is 2.19. The maximum absolute atomic E-state index is 9.41. The van der Waals surface area contributed by atoms with Crippen LogP contribution in [0.3, 0.4) is 0 Å². The summed E-state index contributed by atoms with van der Waals surface area (Å²) in [7, 11) is 0. The molecule has 3 heterocycles. The van der Waals surface area contributed by atoms with Gasteiger partial charge in [0.2, 0.25) is 5.95 Å². The van der Waals surface area contributed by atoms with Crippen molar-refractivity contribution in [1.29, 1.82) is 0 Å². The van der Waals surface area contributed by atoms with Crippen LogP contribution >= 0.6 is 0 Å². The number of hydrogen-bond acceptors (Lipinski definition) is 8. The summed E-state index contributed by atoms with van der Waals surface area (Å²) in [6.07, 6.45) is 2.57. The van der Waals surface area contributed by atoms with E-state index in [-0.39, 0.29) is 24.9 Å². The smallest absolute Gasteiger partial charge is 0.226 e. The minimum absolute atomic E-state index is 0.122. The van der Waals surface area contributed by atoms with Crippen LogP contribution in [0.5, 0.6) is 0 Å². The number of aliphatic hydroxyl groups is 2. The van der Waals surface area contributed by atoms with Gasteiger partial charge < -0.3 is 25.8 Å². The fourth-order valence-corrected chi connectivity index (χ4v) is 2.22. The highest BCUT2D eigenvalue weighted by Gasteiger charge is 2.12. The van der Waals surface area contributed by atoms with Gasteiger partial charge in [-0.3, -0.25) is 4.98 Å². The number of nitrogens with zero attached hydrogens (tertiary/aromatic N) is 5. The molecule has 3 aromatic rings. The molecule has 0 spiro atoms. The topological polar surface area (TPSA) is 135 Å². The lowest BCUT2D eigenvalue weighted by atomic mass is 10.2. The van der Waals surface area contributed by atoms with Crippen molar-refractivity contribution in [2.24, 2.45) is 0 Å². The zero-order valence-corrected chi connectivity index (χ0v) is 13.2. The molecule has 0 aliphatic carbocycles. The second-order valence-corrected chi connectivity index (χ2v) is 5.50. The van der Waals surface area contributed by atoms with Gasteiger partial charge >= 0.3 is 0 Å². The molecule has 0 radical (unpaired) electrons. The van der Waals surface area contributed by atoms with E-state index in [0.717, 1.165) is 11.3 Å². The molecule has 0 aliphatic heterocycles. The predicted molar refractivity (Wildman–Crippen MR) is 89.4 cm³/mol. The van der Waals surface area contributed by atoms with Crippen molar-refractivity contribution in [3.63, 3.8) is 0 Å². The fraction of sp³-hybridized carbons (Fsp3) is 0.333. The average molecular weight is 329 g/mol. The summed E-state index contributed by atoms with van der Waals surface area (Å²) < 4.78 is 1.85. The van der Waals surface area contributed by atoms with Crippen molar-refractivity contribution in [3.8, 4) is 0 Å². The van der Waals surface area contributed by atoms with Gasteiger partial charge in [0.15, 0.2) is 11.5 Å². The minimum atomic E-state index is -0.894. The van der Waals surface area contributed by atoms with Crippen molar-refractivity contribution in [2.75, 3.05) is 24.2 Å². The Bertz CT molecular complexity index is 832. The van der Waals surface area contributed by atoms with Gasteiger partial charge in [-0.25, -0.2) is 4.98 Å². The molecule has 5 N–H and O–H groups in total. The number of anilines is 2. The number of aryl methyl sites for hydroxylation is 1. The maximum Gasteiger partial charge on any atom is 0.226 e. The summed E-state index contributed by atoms with van der Waals surface area (Å²) >= 11 is 0. The van der Waals surface area contributed by atoms with Crippen LogP contribution in [-0.2, 0) is 6.54 Å². The van der Waals surface area contributed by atoms with Gasteiger partial charge in [0.25, 0.3) is 0 Å². The van der Waals surface area contributed by atoms with Crippen molar-refractivity contribution in [2.45, 2.75) is 19.6 Å². The van der Waals surface area contributed by atoms with E-state index < -0.39 is 6.10 Å². The number of nitrogen functional groups attached to an aromatic ring is 1. The summed E-state index contributed by atoms with van der Waals surface area (Å²) in [5.74, 6) is 0.526. The Kier molecular flexibility index (Phi) is 4.54. The number of aliphatic hydroxyl groups excluding tert-OH is 2. The molecule has 0 amide bonds. The van der Waals surface area contributed by atoms with Gasteiger partial charge in [-0.15, -0.1) is 0 Å². The molecule has 3 aromatic heterocycles. The highest BCUT2D eigenvalue weighted by molar-refractivity contribution is 5.82. The van der Waals surface area contributed by atoms with E-state index in [9.17, 15) is 5.11 Å². The van der Waals surface area contributed by atoms with Crippen LogP contribution in [0.15, 0.2) is 24.7 Å². The Morgan fingerprint density at radius 1 is 1.29 bits per heavy atom. The molecule has 126 valence electrons. The highest BCUT2D eigenvalue weighted by atomic mass is 16.3. The molecule has 0 bridgehead atoms. The van der Waals surface area contributed by atoms with Crippen LogP contribution < -0.4 is 11.1 Å². The molecule has 1 unspecified atom stereocenters. The van der Waals surface area contributed by atoms with Gasteiger partial charge in [0, 0.05) is 18.4 Å². The quantitative estimate of drug-likeness (QED) is 0.493. The largest absolute Gasteiger partial charge is 0.394 e. The lowest BCUT2D eigenvalue weighted by Crippen LogP contribution is -2.24. The molecule has 0 aliphatic rings. The minimum Gasteiger partial charge on any atom is -0.394 e. The Balaban J connectivity index is 1.88. The van der Waals surface area contributed by atoms with Crippen LogP contribution in [0.25, 0.3) is 11.2 Å². The summed E-state index contributed by atoms with van der Waals surface area (Å²) in [6.45, 7) is 2.27. The number of aromatic nitrogens is 5. The van der Waals surface area contributed by atoms with Gasteiger partial charge in [0.05, 0.1) is 25.6 Å². The van der Waals surface area contributed by atoms with E-state index in [1.165, 1.54) is 0 Å². The Hall–Kier alpha value is -2.78. The summed E-state index contributed by atoms with van der Waals surface area (Å²) in [6, 6.07) is 3.94. The standard InChI is InChI=1S/C15H19N7O2/c1-9-2-3-10(4-17-9)6-22-8-19-12-13(16)20-15(21-14(12)22)18-5-11(24)7-23/h2-4,8,11,23-24H,5-7H2,1H3,(H3,16,18,20,21). The van der Waals surface area contributed by atoms with Gasteiger partial charge in [-0.2, -0.15) is 9.97 Å². The molecule has 9 nitrogen and oxygen atoms in total. The van der Waals surface area contributed by atoms with Crippen LogP contribution in [0.4, 0.5) is 11.8 Å². The number of hydrogen-bond donors (Lipinski definition) is 4. The number of nitrogens with one attached hydrogen (secondary N) is 1. The zero-order valence-electron chi connectivity index (χ0n) is 13.2. The van der Waals surface area contributed by atoms with Crippen LogP contribution in [0, 0.1) is 6.92 Å². The monoisotopic (exact) mass is 329 g/mol. The number of pyridine rings is 1. The Morgan fingerprint density at radius 2 is 2.12 bits per heavy atom. The predicted octanol–water partition coefficient (Wildman–Crippen LogP) is -0.0747. The van der Waals surface area contributed by atoms with Crippen molar-refractivity contribution in [3.05, 3.63) is 35.9 Å². The van der Waals surface area contributed by atoms with E-state index in [1.807, 2.05) is 29.8 Å². The lowest BCUT2D eigenvalue weighted by Gasteiger charge is -2.10. The van der Waals surface area contributed by atoms with E-state index >= 15 is 0 Å². The molecule has 0 aromatic carbocycles. The van der Waals surface area contributed by atoms with Gasteiger partial charge in [-0.05, 0) is 18.6 Å². The first-order chi connectivity index (χ1) is 11.6.